The van der Waals surface area contributed by atoms with Crippen molar-refractivity contribution >= 4 is 57.6 Å². The summed E-state index contributed by atoms with van der Waals surface area (Å²) in [5, 5.41) is 3.02. The zero-order chi connectivity index (χ0) is 14.0. The Kier molecular flexibility index (Phi) is 4.34. The molecule has 2 rings (SSSR count). The van der Waals surface area contributed by atoms with E-state index in [2.05, 4.69) is 10.3 Å². The van der Waals surface area contributed by atoms with Gasteiger partial charge >= 0.3 is 0 Å². The number of halogens is 2. The van der Waals surface area contributed by atoms with E-state index in [0.717, 1.165) is 11.8 Å². The number of nitrogens with two attached hydrogens (primary N) is 1. The van der Waals surface area contributed by atoms with Crippen molar-refractivity contribution in [1.82, 2.24) is 0 Å². The van der Waals surface area contributed by atoms with E-state index < -0.39 is 5.25 Å². The summed E-state index contributed by atoms with van der Waals surface area (Å²) in [6.45, 7) is 0. The molecule has 19 heavy (non-hydrogen) atoms. The highest BCUT2D eigenvalue weighted by molar-refractivity contribution is 8.15. The number of carbonyl (C=O) groups excluding carboxylic acids is 2. The van der Waals surface area contributed by atoms with Crippen molar-refractivity contribution in [2.75, 3.05) is 5.32 Å². The van der Waals surface area contributed by atoms with Gasteiger partial charge in [0.1, 0.15) is 5.25 Å². The lowest BCUT2D eigenvalue weighted by Crippen LogP contribution is -2.21. The van der Waals surface area contributed by atoms with E-state index in [0.29, 0.717) is 15.7 Å². The number of carbonyl (C=O) groups is 2. The van der Waals surface area contributed by atoms with Crippen LogP contribution in [0.2, 0.25) is 10.0 Å². The third-order valence-electron chi connectivity index (χ3n) is 2.33. The van der Waals surface area contributed by atoms with Crippen LogP contribution >= 0.6 is 35.0 Å². The van der Waals surface area contributed by atoms with E-state index >= 15 is 0 Å². The monoisotopic (exact) mass is 317 g/mol. The molecule has 1 aliphatic heterocycles. The maximum Gasteiger partial charge on any atom is 0.262 e. The molecule has 0 fully saturated rings. The van der Waals surface area contributed by atoms with Gasteiger partial charge in [-0.1, -0.05) is 35.0 Å². The summed E-state index contributed by atoms with van der Waals surface area (Å²) in [5.74, 6) is -0.694. The summed E-state index contributed by atoms with van der Waals surface area (Å²) in [7, 11) is 0. The number of aliphatic imine (C=N–C) groups is 1. The van der Waals surface area contributed by atoms with Crippen LogP contribution < -0.4 is 11.1 Å². The summed E-state index contributed by atoms with van der Waals surface area (Å²) in [6.07, 6.45) is 0.00788. The number of amides is 2. The van der Waals surface area contributed by atoms with Gasteiger partial charge in [0.15, 0.2) is 5.17 Å². The molecule has 0 saturated heterocycles. The molecular weight excluding hydrogens is 309 g/mol. The minimum Gasteiger partial charge on any atom is -0.378 e. The van der Waals surface area contributed by atoms with Crippen LogP contribution in [-0.4, -0.2) is 22.2 Å². The molecule has 0 aliphatic carbocycles. The van der Waals surface area contributed by atoms with Gasteiger partial charge in [-0.2, -0.15) is 4.99 Å². The van der Waals surface area contributed by atoms with Crippen LogP contribution in [0, 0.1) is 0 Å². The number of hydrogen-bond acceptors (Lipinski definition) is 4. The standard InChI is InChI=1S/C11H9Cl2N3O2S/c12-6-2-1-5(3-7(6)13)15-9(17)4-8-10(18)16-11(14)19-8/h1-3,8H,4H2,(H,15,17)(H2,14,16,18)/t8-/m0/s1. The van der Waals surface area contributed by atoms with E-state index in [9.17, 15) is 9.59 Å². The molecule has 1 atom stereocenters. The number of nitrogens with zero attached hydrogens (tertiary/aromatic N) is 1. The third-order valence-corrected chi connectivity index (χ3v) is 4.06. The van der Waals surface area contributed by atoms with E-state index in [-0.39, 0.29) is 23.4 Å². The van der Waals surface area contributed by atoms with Crippen molar-refractivity contribution in [3.63, 3.8) is 0 Å². The van der Waals surface area contributed by atoms with Crippen LogP contribution in [0.15, 0.2) is 23.2 Å². The maximum absolute atomic E-state index is 11.8. The van der Waals surface area contributed by atoms with E-state index in [1.165, 1.54) is 6.07 Å². The second kappa shape index (κ2) is 5.81. The molecule has 100 valence electrons. The molecule has 0 spiro atoms. The zero-order valence-corrected chi connectivity index (χ0v) is 11.9. The molecule has 0 aromatic heterocycles. The molecule has 1 heterocycles. The molecule has 8 heteroatoms. The van der Waals surface area contributed by atoms with Gasteiger partial charge in [0.25, 0.3) is 5.91 Å². The predicted octanol–water partition coefficient (Wildman–Crippen LogP) is 2.28. The van der Waals surface area contributed by atoms with Gasteiger partial charge in [0.05, 0.1) is 10.0 Å². The molecule has 5 nitrogen and oxygen atoms in total. The summed E-state index contributed by atoms with van der Waals surface area (Å²) in [5.41, 5.74) is 5.93. The van der Waals surface area contributed by atoms with Crippen LogP contribution in [0.5, 0.6) is 0 Å². The van der Waals surface area contributed by atoms with Gasteiger partial charge < -0.3 is 11.1 Å². The van der Waals surface area contributed by atoms with Crippen LogP contribution in [0.1, 0.15) is 6.42 Å². The highest BCUT2D eigenvalue weighted by Gasteiger charge is 2.29. The summed E-state index contributed by atoms with van der Waals surface area (Å²) >= 11 is 12.7. The first kappa shape index (κ1) is 14.2. The predicted molar refractivity (Wildman–Crippen MR) is 77.7 cm³/mol. The number of nitrogens with one attached hydrogen (secondary N) is 1. The van der Waals surface area contributed by atoms with Gasteiger partial charge in [-0.3, -0.25) is 9.59 Å². The van der Waals surface area contributed by atoms with Crippen molar-refractivity contribution in [2.45, 2.75) is 11.7 Å². The van der Waals surface area contributed by atoms with Gasteiger partial charge in [0, 0.05) is 12.1 Å². The molecule has 0 saturated carbocycles. The van der Waals surface area contributed by atoms with Crippen molar-refractivity contribution in [2.24, 2.45) is 10.7 Å². The molecule has 0 unspecified atom stereocenters. The number of amidine groups is 1. The quantitative estimate of drug-likeness (QED) is 0.895. The summed E-state index contributed by atoms with van der Waals surface area (Å²) in [6, 6.07) is 4.74. The highest BCUT2D eigenvalue weighted by atomic mass is 35.5. The number of benzene rings is 1. The first-order valence-electron chi connectivity index (χ1n) is 5.25. The lowest BCUT2D eigenvalue weighted by Gasteiger charge is -2.08. The average Bonchev–Trinajstić information content (AvgIpc) is 2.62. The van der Waals surface area contributed by atoms with Crippen molar-refractivity contribution < 1.29 is 9.59 Å². The summed E-state index contributed by atoms with van der Waals surface area (Å²) < 4.78 is 0. The number of thioether (sulfide) groups is 1. The number of hydrogen-bond donors (Lipinski definition) is 2. The van der Waals surface area contributed by atoms with Crippen molar-refractivity contribution in [3.05, 3.63) is 28.2 Å². The average molecular weight is 318 g/mol. The maximum atomic E-state index is 11.8. The zero-order valence-electron chi connectivity index (χ0n) is 9.52. The minimum absolute atomic E-state index is 0.00788. The molecule has 3 N–H and O–H groups in total. The van der Waals surface area contributed by atoms with E-state index in [1.807, 2.05) is 0 Å². The Labute approximate surface area is 123 Å². The Morgan fingerprint density at radius 3 is 2.74 bits per heavy atom. The minimum atomic E-state index is -0.553. The van der Waals surface area contributed by atoms with E-state index in [4.69, 9.17) is 28.9 Å². The fraction of sp³-hybridized carbons (Fsp3) is 0.182. The first-order chi connectivity index (χ1) is 8.95. The Morgan fingerprint density at radius 1 is 1.42 bits per heavy atom. The molecular formula is C11H9Cl2N3O2S. The molecule has 2 amide bonds. The largest absolute Gasteiger partial charge is 0.378 e. The normalized spacial score (nSPS) is 18.3. The second-order valence-corrected chi connectivity index (χ2v) is 5.81. The van der Waals surface area contributed by atoms with Crippen LogP contribution in [-0.2, 0) is 9.59 Å². The molecule has 1 aromatic rings. The topological polar surface area (TPSA) is 84.5 Å². The number of anilines is 1. The van der Waals surface area contributed by atoms with Gasteiger partial charge in [-0.05, 0) is 18.2 Å². The Hall–Kier alpha value is -1.24. The highest BCUT2D eigenvalue weighted by Crippen LogP contribution is 2.26. The van der Waals surface area contributed by atoms with Crippen LogP contribution in [0.3, 0.4) is 0 Å². The van der Waals surface area contributed by atoms with Gasteiger partial charge in [-0.25, -0.2) is 0 Å². The second-order valence-electron chi connectivity index (χ2n) is 3.78. The summed E-state index contributed by atoms with van der Waals surface area (Å²) in [4.78, 5) is 26.7. The smallest absolute Gasteiger partial charge is 0.262 e. The Bertz CT molecular complexity index is 577. The lowest BCUT2D eigenvalue weighted by molar-refractivity contribution is -0.121. The Morgan fingerprint density at radius 2 is 2.16 bits per heavy atom. The van der Waals surface area contributed by atoms with Gasteiger partial charge in [-0.15, -0.1) is 0 Å². The fourth-order valence-electron chi connectivity index (χ4n) is 1.49. The van der Waals surface area contributed by atoms with Crippen molar-refractivity contribution in [3.8, 4) is 0 Å². The Balaban J connectivity index is 1.95. The molecule has 1 aliphatic rings. The fourth-order valence-corrected chi connectivity index (χ4v) is 2.61. The molecule has 1 aromatic carbocycles. The first-order valence-corrected chi connectivity index (χ1v) is 6.89. The van der Waals surface area contributed by atoms with Crippen LogP contribution in [0.4, 0.5) is 5.69 Å². The molecule has 0 radical (unpaired) electrons. The van der Waals surface area contributed by atoms with Crippen LogP contribution in [0.25, 0.3) is 0 Å². The van der Waals surface area contributed by atoms with Gasteiger partial charge in [0.2, 0.25) is 5.91 Å². The lowest BCUT2D eigenvalue weighted by atomic mass is 10.2. The SMILES string of the molecule is NC1=NC(=O)[C@H](CC(=O)Nc2ccc(Cl)c(Cl)c2)S1. The number of rotatable bonds is 3. The van der Waals surface area contributed by atoms with E-state index in [1.54, 1.807) is 12.1 Å². The molecule has 0 bridgehead atoms. The van der Waals surface area contributed by atoms with Crippen molar-refractivity contribution in [1.29, 1.82) is 0 Å². The third kappa shape index (κ3) is 3.62.